The van der Waals surface area contributed by atoms with E-state index in [9.17, 15) is 0 Å². The summed E-state index contributed by atoms with van der Waals surface area (Å²) in [6, 6.07) is 4.47. The monoisotopic (exact) mass is 200 g/mol. The second kappa shape index (κ2) is 3.13. The summed E-state index contributed by atoms with van der Waals surface area (Å²) in [4.78, 5) is 0. The Morgan fingerprint density at radius 2 is 1.73 bits per heavy atom. The van der Waals surface area contributed by atoms with Crippen LogP contribution in [-0.2, 0) is 12.8 Å². The fourth-order valence-corrected chi connectivity index (χ4v) is 2.52. The second-order valence-corrected chi connectivity index (χ2v) is 4.64. The maximum atomic E-state index is 5.93. The number of hydrogen-bond donors (Lipinski definition) is 0. The molecule has 0 radical (unpaired) electrons. The van der Waals surface area contributed by atoms with Crippen LogP contribution in [0.25, 0.3) is 11.0 Å². The van der Waals surface area contributed by atoms with Crippen molar-refractivity contribution in [3.05, 3.63) is 34.6 Å². The van der Waals surface area contributed by atoms with Crippen molar-refractivity contribution in [2.45, 2.75) is 39.5 Å². The van der Waals surface area contributed by atoms with E-state index in [-0.39, 0.29) is 0 Å². The first-order chi connectivity index (χ1) is 7.25. The lowest BCUT2D eigenvalue weighted by molar-refractivity contribution is 0.506. The van der Waals surface area contributed by atoms with Gasteiger partial charge >= 0.3 is 0 Å². The molecule has 3 rings (SSSR count). The Labute approximate surface area is 90.1 Å². The van der Waals surface area contributed by atoms with Crippen molar-refractivity contribution in [3.63, 3.8) is 0 Å². The lowest BCUT2D eigenvalue weighted by Gasteiger charge is -2.08. The van der Waals surface area contributed by atoms with Gasteiger partial charge in [-0.3, -0.25) is 0 Å². The van der Waals surface area contributed by atoms with E-state index in [4.69, 9.17) is 4.42 Å². The van der Waals surface area contributed by atoms with E-state index in [2.05, 4.69) is 26.0 Å². The topological polar surface area (TPSA) is 13.1 Å². The van der Waals surface area contributed by atoms with Gasteiger partial charge in [-0.15, -0.1) is 0 Å². The van der Waals surface area contributed by atoms with Crippen molar-refractivity contribution in [1.29, 1.82) is 0 Å². The number of fused-ring (bicyclic) bond motifs is 3. The van der Waals surface area contributed by atoms with Crippen LogP contribution in [-0.4, -0.2) is 0 Å². The van der Waals surface area contributed by atoms with E-state index in [1.165, 1.54) is 47.1 Å². The Morgan fingerprint density at radius 3 is 2.60 bits per heavy atom. The standard InChI is InChI=1S/C14H16O/c1-9-7-12-11-5-3-4-6-13(11)15-14(12)8-10(9)2/h7-8H,3-6H2,1-2H3. The number of aryl methyl sites for hydroxylation is 4. The minimum Gasteiger partial charge on any atom is -0.461 e. The van der Waals surface area contributed by atoms with Crippen molar-refractivity contribution in [2.24, 2.45) is 0 Å². The Kier molecular flexibility index (Phi) is 1.88. The fourth-order valence-electron chi connectivity index (χ4n) is 2.52. The zero-order valence-corrected chi connectivity index (χ0v) is 9.39. The van der Waals surface area contributed by atoms with E-state index in [0.717, 1.165) is 12.0 Å². The molecule has 0 N–H and O–H groups in total. The van der Waals surface area contributed by atoms with Gasteiger partial charge in [0.25, 0.3) is 0 Å². The van der Waals surface area contributed by atoms with Crippen LogP contribution in [0.2, 0.25) is 0 Å². The zero-order chi connectivity index (χ0) is 10.4. The maximum absolute atomic E-state index is 5.93. The summed E-state index contributed by atoms with van der Waals surface area (Å²) < 4.78 is 5.93. The van der Waals surface area contributed by atoms with Gasteiger partial charge in [-0.2, -0.15) is 0 Å². The molecule has 78 valence electrons. The molecule has 1 nitrogen and oxygen atoms in total. The molecular formula is C14H16O. The van der Waals surface area contributed by atoms with Crippen LogP contribution >= 0.6 is 0 Å². The summed E-state index contributed by atoms with van der Waals surface area (Å²) in [6.07, 6.45) is 4.92. The summed E-state index contributed by atoms with van der Waals surface area (Å²) in [7, 11) is 0. The highest BCUT2D eigenvalue weighted by Gasteiger charge is 2.17. The average molecular weight is 200 g/mol. The van der Waals surface area contributed by atoms with Gasteiger partial charge in [0.05, 0.1) is 0 Å². The molecule has 1 heterocycles. The molecular weight excluding hydrogens is 184 g/mol. The van der Waals surface area contributed by atoms with Gasteiger partial charge in [-0.25, -0.2) is 0 Å². The molecule has 1 aromatic carbocycles. The molecule has 0 amide bonds. The van der Waals surface area contributed by atoms with Gasteiger partial charge in [0, 0.05) is 17.4 Å². The van der Waals surface area contributed by atoms with Crippen LogP contribution in [0, 0.1) is 13.8 Å². The molecule has 0 aliphatic heterocycles. The predicted octanol–water partition coefficient (Wildman–Crippen LogP) is 3.93. The molecule has 1 heteroatoms. The first-order valence-corrected chi connectivity index (χ1v) is 5.77. The van der Waals surface area contributed by atoms with Gasteiger partial charge < -0.3 is 4.42 Å². The van der Waals surface area contributed by atoms with Gasteiger partial charge in [0.15, 0.2) is 0 Å². The molecule has 1 aliphatic rings. The Morgan fingerprint density at radius 1 is 1.00 bits per heavy atom. The molecule has 15 heavy (non-hydrogen) atoms. The Bertz CT molecular complexity index is 520. The molecule has 0 saturated heterocycles. The van der Waals surface area contributed by atoms with Crippen LogP contribution in [0.15, 0.2) is 16.5 Å². The van der Waals surface area contributed by atoms with Crippen molar-refractivity contribution in [2.75, 3.05) is 0 Å². The molecule has 0 atom stereocenters. The van der Waals surface area contributed by atoms with Crippen LogP contribution in [0.1, 0.15) is 35.3 Å². The number of furan rings is 1. The van der Waals surface area contributed by atoms with Crippen molar-refractivity contribution >= 4 is 11.0 Å². The fraction of sp³-hybridized carbons (Fsp3) is 0.429. The molecule has 0 fully saturated rings. The molecule has 0 bridgehead atoms. The first kappa shape index (κ1) is 9.02. The van der Waals surface area contributed by atoms with E-state index in [0.29, 0.717) is 0 Å². The van der Waals surface area contributed by atoms with E-state index < -0.39 is 0 Å². The molecule has 0 spiro atoms. The Hall–Kier alpha value is -1.24. The van der Waals surface area contributed by atoms with Crippen LogP contribution in [0.4, 0.5) is 0 Å². The van der Waals surface area contributed by atoms with Crippen molar-refractivity contribution in [3.8, 4) is 0 Å². The second-order valence-electron chi connectivity index (χ2n) is 4.64. The number of benzene rings is 1. The average Bonchev–Trinajstić information content (AvgIpc) is 2.57. The molecule has 2 aromatic rings. The van der Waals surface area contributed by atoms with E-state index in [1.807, 2.05) is 0 Å². The third-order valence-electron chi connectivity index (χ3n) is 3.57. The van der Waals surface area contributed by atoms with Gasteiger partial charge in [0.1, 0.15) is 11.3 Å². The summed E-state index contributed by atoms with van der Waals surface area (Å²) in [5, 5.41) is 1.35. The molecule has 0 unspecified atom stereocenters. The summed E-state index contributed by atoms with van der Waals surface area (Å²) >= 11 is 0. The smallest absolute Gasteiger partial charge is 0.134 e. The first-order valence-electron chi connectivity index (χ1n) is 5.77. The summed E-state index contributed by atoms with van der Waals surface area (Å²) in [5.41, 5.74) is 5.26. The van der Waals surface area contributed by atoms with Crippen LogP contribution < -0.4 is 0 Å². The highest BCUT2D eigenvalue weighted by atomic mass is 16.3. The third-order valence-corrected chi connectivity index (χ3v) is 3.57. The molecule has 0 saturated carbocycles. The van der Waals surface area contributed by atoms with E-state index >= 15 is 0 Å². The Balaban J connectivity index is 2.33. The normalized spacial score (nSPS) is 15.6. The lowest BCUT2D eigenvalue weighted by atomic mass is 9.95. The van der Waals surface area contributed by atoms with Crippen LogP contribution in [0.3, 0.4) is 0 Å². The third kappa shape index (κ3) is 1.30. The quantitative estimate of drug-likeness (QED) is 0.628. The number of rotatable bonds is 0. The minimum atomic E-state index is 1.09. The largest absolute Gasteiger partial charge is 0.461 e. The highest BCUT2D eigenvalue weighted by molar-refractivity contribution is 5.84. The minimum absolute atomic E-state index is 1.09. The summed E-state index contributed by atoms with van der Waals surface area (Å²) in [6.45, 7) is 4.33. The van der Waals surface area contributed by atoms with Crippen molar-refractivity contribution in [1.82, 2.24) is 0 Å². The molecule has 1 aromatic heterocycles. The maximum Gasteiger partial charge on any atom is 0.134 e. The molecule has 1 aliphatic carbocycles. The summed E-state index contributed by atoms with van der Waals surface area (Å²) in [5.74, 6) is 1.24. The van der Waals surface area contributed by atoms with Gasteiger partial charge in [0.2, 0.25) is 0 Å². The lowest BCUT2D eigenvalue weighted by Crippen LogP contribution is -1.98. The van der Waals surface area contributed by atoms with Crippen molar-refractivity contribution < 1.29 is 4.42 Å². The van der Waals surface area contributed by atoms with E-state index in [1.54, 1.807) is 0 Å². The SMILES string of the molecule is Cc1cc2oc3c(c2cc1C)CCCC3. The van der Waals surface area contributed by atoms with Gasteiger partial charge in [-0.1, -0.05) is 0 Å². The van der Waals surface area contributed by atoms with Crippen LogP contribution in [0.5, 0.6) is 0 Å². The number of hydrogen-bond acceptors (Lipinski definition) is 1. The van der Waals surface area contributed by atoms with Gasteiger partial charge in [-0.05, 0) is 56.4 Å². The zero-order valence-electron chi connectivity index (χ0n) is 9.39. The highest BCUT2D eigenvalue weighted by Crippen LogP contribution is 2.33. The predicted molar refractivity (Wildman–Crippen MR) is 62.3 cm³/mol.